The number of hydrogen-bond acceptors (Lipinski definition) is 4. The van der Waals surface area contributed by atoms with E-state index in [0.717, 1.165) is 24.5 Å². The number of nitrogens with zero attached hydrogens (tertiary/aromatic N) is 3. The molecule has 4 nitrogen and oxygen atoms in total. The summed E-state index contributed by atoms with van der Waals surface area (Å²) in [5.41, 5.74) is 3.63. The Morgan fingerprint density at radius 2 is 1.70 bits per heavy atom. The number of nitrogens with one attached hydrogen (secondary N) is 1. The van der Waals surface area contributed by atoms with Crippen LogP contribution >= 0.6 is 0 Å². The molecule has 1 fully saturated rings. The van der Waals surface area contributed by atoms with Gasteiger partial charge in [0.25, 0.3) is 0 Å². The van der Waals surface area contributed by atoms with Crippen LogP contribution in [0.25, 0.3) is 0 Å². The maximum absolute atomic E-state index is 8.72. The summed E-state index contributed by atoms with van der Waals surface area (Å²) in [6.45, 7) is 2.32. The van der Waals surface area contributed by atoms with E-state index in [0.29, 0.717) is 5.69 Å². The highest BCUT2D eigenvalue weighted by Crippen LogP contribution is 2.23. The Labute approximate surface area is 118 Å². The summed E-state index contributed by atoms with van der Waals surface area (Å²) in [5, 5.41) is 12.0. The predicted octanol–water partition coefficient (Wildman–Crippen LogP) is 3.30. The topological polar surface area (TPSA) is 52.0 Å². The highest BCUT2D eigenvalue weighted by molar-refractivity contribution is 5.62. The zero-order valence-corrected chi connectivity index (χ0v) is 11.2. The Hall–Kier alpha value is -2.54. The first-order valence-corrected chi connectivity index (χ1v) is 6.83. The molecule has 1 aromatic carbocycles. The molecule has 3 rings (SSSR count). The van der Waals surface area contributed by atoms with E-state index in [9.17, 15) is 0 Å². The summed E-state index contributed by atoms with van der Waals surface area (Å²) in [6, 6.07) is 14.0. The average molecular weight is 264 g/mol. The summed E-state index contributed by atoms with van der Waals surface area (Å²) in [6.07, 6.45) is 4.25. The second kappa shape index (κ2) is 5.62. The molecule has 2 aromatic rings. The van der Waals surface area contributed by atoms with Crippen molar-refractivity contribution in [3.63, 3.8) is 0 Å². The van der Waals surface area contributed by atoms with Crippen molar-refractivity contribution in [1.29, 1.82) is 5.26 Å². The van der Waals surface area contributed by atoms with Crippen molar-refractivity contribution in [1.82, 2.24) is 4.98 Å². The molecular weight excluding hydrogens is 248 g/mol. The van der Waals surface area contributed by atoms with Gasteiger partial charge in [-0.25, -0.2) is 4.98 Å². The molecule has 4 heteroatoms. The Bertz CT molecular complexity index is 604. The van der Waals surface area contributed by atoms with Gasteiger partial charge in [-0.2, -0.15) is 5.26 Å². The van der Waals surface area contributed by atoms with Crippen LogP contribution in [-0.4, -0.2) is 18.1 Å². The lowest BCUT2D eigenvalue weighted by atomic mass is 10.2. The molecule has 0 radical (unpaired) electrons. The minimum atomic E-state index is 0.430. The van der Waals surface area contributed by atoms with E-state index in [1.54, 1.807) is 12.3 Å². The SMILES string of the molecule is N#Cc1ccc(Nc2ccc(N3CCCC3)cc2)cn1. The van der Waals surface area contributed by atoms with Crippen LogP contribution in [-0.2, 0) is 0 Å². The fourth-order valence-electron chi connectivity index (χ4n) is 2.43. The summed E-state index contributed by atoms with van der Waals surface area (Å²) in [5.74, 6) is 0. The van der Waals surface area contributed by atoms with Crippen molar-refractivity contribution in [2.45, 2.75) is 12.8 Å². The van der Waals surface area contributed by atoms with Gasteiger partial charge in [-0.15, -0.1) is 0 Å². The van der Waals surface area contributed by atoms with Gasteiger partial charge < -0.3 is 10.2 Å². The zero-order chi connectivity index (χ0) is 13.8. The number of nitriles is 1. The van der Waals surface area contributed by atoms with E-state index >= 15 is 0 Å². The molecule has 100 valence electrons. The lowest BCUT2D eigenvalue weighted by Gasteiger charge is -2.18. The predicted molar refractivity (Wildman–Crippen MR) is 80.1 cm³/mol. The lowest BCUT2D eigenvalue weighted by Crippen LogP contribution is -2.17. The molecule has 0 bridgehead atoms. The third kappa shape index (κ3) is 2.72. The Balaban J connectivity index is 1.69. The lowest BCUT2D eigenvalue weighted by molar-refractivity contribution is 0.949. The summed E-state index contributed by atoms with van der Waals surface area (Å²) >= 11 is 0. The van der Waals surface area contributed by atoms with E-state index in [2.05, 4.69) is 39.5 Å². The second-order valence-corrected chi connectivity index (χ2v) is 4.91. The highest BCUT2D eigenvalue weighted by Gasteiger charge is 2.11. The average Bonchev–Trinajstić information content (AvgIpc) is 3.03. The van der Waals surface area contributed by atoms with Crippen LogP contribution < -0.4 is 10.2 Å². The molecule has 0 atom stereocenters. The van der Waals surface area contributed by atoms with Gasteiger partial charge in [0.2, 0.25) is 0 Å². The molecule has 2 heterocycles. The smallest absolute Gasteiger partial charge is 0.140 e. The molecule has 1 aliphatic heterocycles. The van der Waals surface area contributed by atoms with E-state index in [1.165, 1.54) is 18.5 Å². The Kier molecular flexibility index (Phi) is 3.51. The minimum Gasteiger partial charge on any atom is -0.372 e. The third-order valence-electron chi connectivity index (χ3n) is 3.51. The third-order valence-corrected chi connectivity index (χ3v) is 3.51. The number of aromatic nitrogens is 1. The fraction of sp³-hybridized carbons (Fsp3) is 0.250. The van der Waals surface area contributed by atoms with E-state index < -0.39 is 0 Å². The summed E-state index contributed by atoms with van der Waals surface area (Å²) in [4.78, 5) is 6.45. The summed E-state index contributed by atoms with van der Waals surface area (Å²) < 4.78 is 0. The normalized spacial score (nSPS) is 14.1. The number of rotatable bonds is 3. The quantitative estimate of drug-likeness (QED) is 0.924. The number of hydrogen-bond donors (Lipinski definition) is 1. The highest BCUT2D eigenvalue weighted by atomic mass is 15.1. The molecule has 0 unspecified atom stereocenters. The van der Waals surface area contributed by atoms with Crippen LogP contribution in [0.3, 0.4) is 0 Å². The van der Waals surface area contributed by atoms with Crippen LogP contribution in [0.2, 0.25) is 0 Å². The van der Waals surface area contributed by atoms with Crippen molar-refractivity contribution in [3.8, 4) is 6.07 Å². The van der Waals surface area contributed by atoms with Gasteiger partial charge in [-0.1, -0.05) is 0 Å². The van der Waals surface area contributed by atoms with Gasteiger partial charge in [0, 0.05) is 24.5 Å². The first-order chi connectivity index (χ1) is 9.85. The zero-order valence-electron chi connectivity index (χ0n) is 11.2. The van der Waals surface area contributed by atoms with Crippen molar-refractivity contribution in [2.24, 2.45) is 0 Å². The Morgan fingerprint density at radius 1 is 1.00 bits per heavy atom. The van der Waals surface area contributed by atoms with Gasteiger partial charge >= 0.3 is 0 Å². The molecule has 1 N–H and O–H groups in total. The van der Waals surface area contributed by atoms with Crippen LogP contribution in [0.5, 0.6) is 0 Å². The second-order valence-electron chi connectivity index (χ2n) is 4.91. The maximum Gasteiger partial charge on any atom is 0.140 e. The number of anilines is 3. The van der Waals surface area contributed by atoms with Crippen molar-refractivity contribution < 1.29 is 0 Å². The molecule has 0 amide bonds. The maximum atomic E-state index is 8.72. The van der Waals surface area contributed by atoms with Gasteiger partial charge in [-0.3, -0.25) is 0 Å². The number of pyridine rings is 1. The fourth-order valence-corrected chi connectivity index (χ4v) is 2.43. The van der Waals surface area contributed by atoms with Crippen molar-refractivity contribution >= 4 is 17.1 Å². The largest absolute Gasteiger partial charge is 0.372 e. The van der Waals surface area contributed by atoms with Crippen molar-refractivity contribution in [3.05, 3.63) is 48.3 Å². The molecule has 20 heavy (non-hydrogen) atoms. The van der Waals surface area contributed by atoms with Crippen LogP contribution in [0, 0.1) is 11.3 Å². The van der Waals surface area contributed by atoms with Crippen LogP contribution in [0.1, 0.15) is 18.5 Å². The van der Waals surface area contributed by atoms with Gasteiger partial charge in [0.05, 0.1) is 11.9 Å². The Morgan fingerprint density at radius 3 is 2.30 bits per heavy atom. The first-order valence-electron chi connectivity index (χ1n) is 6.83. The van der Waals surface area contributed by atoms with Gasteiger partial charge in [0.1, 0.15) is 11.8 Å². The molecule has 1 saturated heterocycles. The van der Waals surface area contributed by atoms with Gasteiger partial charge in [-0.05, 0) is 49.2 Å². The van der Waals surface area contributed by atoms with E-state index in [1.807, 2.05) is 12.1 Å². The van der Waals surface area contributed by atoms with Gasteiger partial charge in [0.15, 0.2) is 0 Å². The molecule has 0 aliphatic carbocycles. The van der Waals surface area contributed by atoms with E-state index in [4.69, 9.17) is 5.26 Å². The summed E-state index contributed by atoms with van der Waals surface area (Å²) in [7, 11) is 0. The standard InChI is InChI=1S/C16H16N4/c17-11-14-3-4-15(12-18-14)19-13-5-7-16(8-6-13)20-9-1-2-10-20/h3-8,12,19H,1-2,9-10H2. The van der Waals surface area contributed by atoms with Crippen molar-refractivity contribution in [2.75, 3.05) is 23.3 Å². The molecular formula is C16H16N4. The van der Waals surface area contributed by atoms with Crippen LogP contribution in [0.15, 0.2) is 42.6 Å². The van der Waals surface area contributed by atoms with Crippen LogP contribution in [0.4, 0.5) is 17.1 Å². The van der Waals surface area contributed by atoms with E-state index in [-0.39, 0.29) is 0 Å². The molecule has 1 aliphatic rings. The monoisotopic (exact) mass is 264 g/mol. The first kappa shape index (κ1) is 12.5. The molecule has 0 saturated carbocycles. The molecule has 0 spiro atoms. The number of benzene rings is 1. The molecule has 1 aromatic heterocycles. The minimum absolute atomic E-state index is 0.430.